The molecule has 4 nitrogen and oxygen atoms in total. The molecule has 0 radical (unpaired) electrons. The van der Waals surface area contributed by atoms with E-state index in [2.05, 4.69) is 28.2 Å². The second-order valence-corrected chi connectivity index (χ2v) is 6.39. The lowest BCUT2D eigenvalue weighted by Gasteiger charge is -2.25. The lowest BCUT2D eigenvalue weighted by atomic mass is 10.1. The number of amides is 1. The first-order valence-electron chi connectivity index (χ1n) is 8.57. The van der Waals surface area contributed by atoms with Gasteiger partial charge in [0.05, 0.1) is 6.04 Å². The van der Waals surface area contributed by atoms with Crippen LogP contribution in [0.5, 0.6) is 0 Å². The lowest BCUT2D eigenvalue weighted by molar-refractivity contribution is -0.132. The SMILES string of the molecule is O=C(CCc1c[nH]c2ccccc12)N1CCC[C@H]1c1cccnc1. The predicted molar refractivity (Wildman–Crippen MR) is 94.5 cm³/mol. The number of rotatable bonds is 4. The Morgan fingerprint density at radius 1 is 1.25 bits per heavy atom. The van der Waals surface area contributed by atoms with Crippen LogP contribution in [0.3, 0.4) is 0 Å². The summed E-state index contributed by atoms with van der Waals surface area (Å²) in [5.74, 6) is 0.242. The fraction of sp³-hybridized carbons (Fsp3) is 0.300. The third-order valence-electron chi connectivity index (χ3n) is 4.93. The Labute approximate surface area is 141 Å². The maximum atomic E-state index is 12.8. The molecule has 1 aliphatic heterocycles. The van der Waals surface area contributed by atoms with Gasteiger partial charge in [0.2, 0.25) is 5.91 Å². The summed E-state index contributed by atoms with van der Waals surface area (Å²) >= 11 is 0. The van der Waals surface area contributed by atoms with Crippen LogP contribution in [0.15, 0.2) is 55.0 Å². The molecule has 1 amide bonds. The van der Waals surface area contributed by atoms with Crippen molar-refractivity contribution in [2.45, 2.75) is 31.7 Å². The summed E-state index contributed by atoms with van der Waals surface area (Å²) in [7, 11) is 0. The molecule has 4 rings (SSSR count). The molecule has 1 N–H and O–H groups in total. The van der Waals surface area contributed by atoms with E-state index in [1.54, 1.807) is 6.20 Å². The Hall–Kier alpha value is -2.62. The average molecular weight is 319 g/mol. The number of pyridine rings is 1. The van der Waals surface area contributed by atoms with E-state index in [9.17, 15) is 4.79 Å². The van der Waals surface area contributed by atoms with Gasteiger partial charge in [0, 0.05) is 42.5 Å². The molecule has 1 fully saturated rings. The smallest absolute Gasteiger partial charge is 0.223 e. The molecule has 0 bridgehead atoms. The first kappa shape index (κ1) is 14.9. The topological polar surface area (TPSA) is 49.0 Å². The summed E-state index contributed by atoms with van der Waals surface area (Å²) in [5, 5.41) is 1.22. The molecule has 1 saturated heterocycles. The minimum absolute atomic E-state index is 0.189. The largest absolute Gasteiger partial charge is 0.361 e. The molecular formula is C20H21N3O. The predicted octanol–water partition coefficient (Wildman–Crippen LogP) is 3.86. The van der Waals surface area contributed by atoms with Crippen LogP contribution < -0.4 is 0 Å². The molecule has 1 aliphatic rings. The van der Waals surface area contributed by atoms with E-state index in [1.165, 1.54) is 10.9 Å². The minimum atomic E-state index is 0.189. The number of carbonyl (C=O) groups excluding carboxylic acids is 1. The highest BCUT2D eigenvalue weighted by Crippen LogP contribution is 2.32. The van der Waals surface area contributed by atoms with E-state index in [0.29, 0.717) is 6.42 Å². The van der Waals surface area contributed by atoms with Gasteiger partial charge in [-0.25, -0.2) is 0 Å². The van der Waals surface area contributed by atoms with Crippen LogP contribution in [0, 0.1) is 0 Å². The quantitative estimate of drug-likeness (QED) is 0.794. The molecule has 0 aliphatic carbocycles. The highest BCUT2D eigenvalue weighted by Gasteiger charge is 2.29. The lowest BCUT2D eigenvalue weighted by Crippen LogP contribution is -2.30. The van der Waals surface area contributed by atoms with E-state index in [1.807, 2.05) is 35.5 Å². The van der Waals surface area contributed by atoms with Crippen molar-refractivity contribution in [3.05, 3.63) is 66.1 Å². The maximum absolute atomic E-state index is 12.8. The number of carbonyl (C=O) groups is 1. The fourth-order valence-electron chi connectivity index (χ4n) is 3.71. The Morgan fingerprint density at radius 3 is 3.04 bits per heavy atom. The molecule has 3 heterocycles. The molecule has 1 aromatic carbocycles. The van der Waals surface area contributed by atoms with Crippen LogP contribution >= 0.6 is 0 Å². The third kappa shape index (κ3) is 2.80. The summed E-state index contributed by atoms with van der Waals surface area (Å²) in [6.45, 7) is 0.853. The highest BCUT2D eigenvalue weighted by atomic mass is 16.2. The van der Waals surface area contributed by atoms with E-state index in [0.717, 1.165) is 36.9 Å². The van der Waals surface area contributed by atoms with Crippen LogP contribution in [0.25, 0.3) is 10.9 Å². The zero-order valence-electron chi connectivity index (χ0n) is 13.6. The van der Waals surface area contributed by atoms with Gasteiger partial charge in [-0.3, -0.25) is 9.78 Å². The molecule has 0 spiro atoms. The normalized spacial score (nSPS) is 17.5. The third-order valence-corrected chi connectivity index (χ3v) is 4.93. The Balaban J connectivity index is 1.46. The van der Waals surface area contributed by atoms with E-state index < -0.39 is 0 Å². The zero-order chi connectivity index (χ0) is 16.4. The summed E-state index contributed by atoms with van der Waals surface area (Å²) in [5.41, 5.74) is 3.50. The monoisotopic (exact) mass is 319 g/mol. The van der Waals surface area contributed by atoms with Gasteiger partial charge in [-0.15, -0.1) is 0 Å². The summed E-state index contributed by atoms with van der Waals surface area (Å²) in [4.78, 5) is 22.3. The van der Waals surface area contributed by atoms with Crippen molar-refractivity contribution in [1.29, 1.82) is 0 Å². The fourth-order valence-corrected chi connectivity index (χ4v) is 3.71. The number of fused-ring (bicyclic) bond motifs is 1. The number of hydrogen-bond acceptors (Lipinski definition) is 2. The van der Waals surface area contributed by atoms with Gasteiger partial charge in [0.25, 0.3) is 0 Å². The molecule has 0 saturated carbocycles. The second-order valence-electron chi connectivity index (χ2n) is 6.39. The number of benzene rings is 1. The number of H-pyrrole nitrogens is 1. The van der Waals surface area contributed by atoms with Gasteiger partial charge in [-0.05, 0) is 42.5 Å². The van der Waals surface area contributed by atoms with Crippen molar-refractivity contribution in [1.82, 2.24) is 14.9 Å². The maximum Gasteiger partial charge on any atom is 0.223 e. The number of likely N-dealkylation sites (tertiary alicyclic amines) is 1. The summed E-state index contributed by atoms with van der Waals surface area (Å²) in [6, 6.07) is 12.5. The van der Waals surface area contributed by atoms with Crippen molar-refractivity contribution >= 4 is 16.8 Å². The number of hydrogen-bond donors (Lipinski definition) is 1. The summed E-state index contributed by atoms with van der Waals surface area (Å²) in [6.07, 6.45) is 9.12. The van der Waals surface area contributed by atoms with Crippen molar-refractivity contribution in [2.24, 2.45) is 0 Å². The van der Waals surface area contributed by atoms with Gasteiger partial charge >= 0.3 is 0 Å². The summed E-state index contributed by atoms with van der Waals surface area (Å²) < 4.78 is 0. The Kier molecular flexibility index (Phi) is 4.03. The molecule has 4 heteroatoms. The number of nitrogens with zero attached hydrogens (tertiary/aromatic N) is 2. The minimum Gasteiger partial charge on any atom is -0.361 e. The second kappa shape index (κ2) is 6.48. The van der Waals surface area contributed by atoms with Crippen LogP contribution in [0.4, 0.5) is 0 Å². The number of aromatic amines is 1. The Bertz CT molecular complexity index is 840. The molecule has 1 atom stereocenters. The van der Waals surface area contributed by atoms with Gasteiger partial charge < -0.3 is 9.88 Å². The zero-order valence-corrected chi connectivity index (χ0v) is 13.6. The number of aromatic nitrogens is 2. The van der Waals surface area contributed by atoms with E-state index in [-0.39, 0.29) is 11.9 Å². The van der Waals surface area contributed by atoms with Gasteiger partial charge in [0.1, 0.15) is 0 Å². The molecule has 122 valence electrons. The highest BCUT2D eigenvalue weighted by molar-refractivity contribution is 5.84. The van der Waals surface area contributed by atoms with Crippen LogP contribution in [-0.2, 0) is 11.2 Å². The van der Waals surface area contributed by atoms with Gasteiger partial charge in [-0.1, -0.05) is 24.3 Å². The van der Waals surface area contributed by atoms with Gasteiger partial charge in [-0.2, -0.15) is 0 Å². The van der Waals surface area contributed by atoms with Crippen molar-refractivity contribution < 1.29 is 4.79 Å². The standard InChI is InChI=1S/C20H21N3O/c24-20(10-9-15-14-22-18-7-2-1-6-17(15)18)23-12-4-8-19(23)16-5-3-11-21-13-16/h1-3,5-7,11,13-14,19,22H,4,8-10,12H2/t19-/m0/s1. The van der Waals surface area contributed by atoms with Crippen molar-refractivity contribution in [3.8, 4) is 0 Å². The van der Waals surface area contributed by atoms with E-state index >= 15 is 0 Å². The molecule has 24 heavy (non-hydrogen) atoms. The van der Waals surface area contributed by atoms with Gasteiger partial charge in [0.15, 0.2) is 0 Å². The van der Waals surface area contributed by atoms with Crippen molar-refractivity contribution in [3.63, 3.8) is 0 Å². The number of aryl methyl sites for hydroxylation is 1. The first-order chi connectivity index (χ1) is 11.8. The molecule has 0 unspecified atom stereocenters. The first-order valence-corrected chi connectivity index (χ1v) is 8.57. The number of nitrogens with one attached hydrogen (secondary N) is 1. The Morgan fingerprint density at radius 2 is 2.17 bits per heavy atom. The molecule has 2 aromatic heterocycles. The molecule has 3 aromatic rings. The van der Waals surface area contributed by atoms with E-state index in [4.69, 9.17) is 0 Å². The average Bonchev–Trinajstić information content (AvgIpc) is 3.28. The number of para-hydroxylation sites is 1. The van der Waals surface area contributed by atoms with Crippen LogP contribution in [0.2, 0.25) is 0 Å². The van der Waals surface area contributed by atoms with Crippen LogP contribution in [0.1, 0.15) is 36.4 Å². The van der Waals surface area contributed by atoms with Crippen LogP contribution in [-0.4, -0.2) is 27.3 Å². The molecular weight excluding hydrogens is 298 g/mol. The van der Waals surface area contributed by atoms with Crippen molar-refractivity contribution in [2.75, 3.05) is 6.54 Å².